The van der Waals surface area contributed by atoms with E-state index in [4.69, 9.17) is 21.1 Å². The first kappa shape index (κ1) is 23.3. The van der Waals surface area contributed by atoms with Crippen LogP contribution in [0.3, 0.4) is 0 Å². The van der Waals surface area contributed by atoms with Crippen LogP contribution in [-0.2, 0) is 14.3 Å². The van der Waals surface area contributed by atoms with Gasteiger partial charge in [-0.15, -0.1) is 0 Å². The number of ether oxygens (including phenoxy) is 2. The Morgan fingerprint density at radius 3 is 2.17 bits per heavy atom. The Kier molecular flexibility index (Phi) is 6.16. The molecule has 3 rings (SSSR count). The first-order valence-corrected chi connectivity index (χ1v) is 10.9. The van der Waals surface area contributed by atoms with Crippen molar-refractivity contribution in [3.05, 3.63) is 39.6 Å². The SMILES string of the molecule is COC1(C)CCC2(CC1)NC(O)C(c1c(C)cc(Cl)cc1C)=C2OC(=O)C(C)(C)C. The number of carbonyl (C=O) groups excluding carboxylic acids is 1. The molecule has 6 heteroatoms. The van der Waals surface area contributed by atoms with E-state index in [1.165, 1.54) is 0 Å². The Morgan fingerprint density at radius 2 is 1.70 bits per heavy atom. The molecule has 30 heavy (non-hydrogen) atoms. The van der Waals surface area contributed by atoms with Crippen molar-refractivity contribution in [2.75, 3.05) is 7.11 Å². The van der Waals surface area contributed by atoms with Crippen LogP contribution in [-0.4, -0.2) is 35.6 Å². The van der Waals surface area contributed by atoms with Crippen LogP contribution in [0.15, 0.2) is 17.9 Å². The van der Waals surface area contributed by atoms with Crippen LogP contribution in [0.25, 0.3) is 5.57 Å². The Bertz CT molecular complexity index is 853. The van der Waals surface area contributed by atoms with E-state index in [0.717, 1.165) is 29.5 Å². The maximum atomic E-state index is 12.9. The molecule has 166 valence electrons. The number of carbonyl (C=O) groups is 1. The Labute approximate surface area is 184 Å². The standard InChI is InChI=1S/C24H34ClNO4/c1-14-12-16(25)13-15(2)17(14)18-19(30-21(28)22(3,4)5)24(26-20(18)27)10-8-23(6,29-7)9-11-24/h12-13,20,26-27H,8-11H2,1-7H3. The van der Waals surface area contributed by atoms with E-state index in [1.807, 2.05) is 46.8 Å². The summed E-state index contributed by atoms with van der Waals surface area (Å²) in [5, 5.41) is 15.1. The molecule has 0 radical (unpaired) electrons. The first-order chi connectivity index (χ1) is 13.8. The summed E-state index contributed by atoms with van der Waals surface area (Å²) in [5.74, 6) is 0.233. The van der Waals surface area contributed by atoms with Crippen molar-refractivity contribution in [1.82, 2.24) is 5.32 Å². The molecule has 1 aromatic rings. The molecule has 1 saturated carbocycles. The zero-order valence-corrected chi connectivity index (χ0v) is 19.9. The summed E-state index contributed by atoms with van der Waals surface area (Å²) in [6, 6.07) is 3.75. The van der Waals surface area contributed by atoms with Crippen LogP contribution in [0.1, 0.15) is 70.1 Å². The molecule has 0 amide bonds. The van der Waals surface area contributed by atoms with Gasteiger partial charge in [-0.05, 0) is 96.0 Å². The molecule has 0 bridgehead atoms. The van der Waals surface area contributed by atoms with Gasteiger partial charge in [0.05, 0.1) is 16.6 Å². The summed E-state index contributed by atoms with van der Waals surface area (Å²) in [7, 11) is 1.73. The second-order valence-electron chi connectivity index (χ2n) is 10.1. The molecular weight excluding hydrogens is 402 g/mol. The molecule has 1 heterocycles. The van der Waals surface area contributed by atoms with E-state index < -0.39 is 17.2 Å². The minimum absolute atomic E-state index is 0.216. The number of aliphatic hydroxyl groups excluding tert-OH is 1. The monoisotopic (exact) mass is 435 g/mol. The zero-order valence-electron chi connectivity index (χ0n) is 19.1. The third kappa shape index (κ3) is 4.18. The van der Waals surface area contributed by atoms with Crippen molar-refractivity contribution in [3.8, 4) is 0 Å². The summed E-state index contributed by atoms with van der Waals surface area (Å²) >= 11 is 6.24. The minimum Gasteiger partial charge on any atom is -0.428 e. The maximum Gasteiger partial charge on any atom is 0.316 e. The van der Waals surface area contributed by atoms with E-state index in [2.05, 4.69) is 12.2 Å². The van der Waals surface area contributed by atoms with Crippen molar-refractivity contribution in [1.29, 1.82) is 0 Å². The minimum atomic E-state index is -0.932. The van der Waals surface area contributed by atoms with Gasteiger partial charge in [0.1, 0.15) is 12.0 Å². The molecule has 2 N–H and O–H groups in total. The van der Waals surface area contributed by atoms with E-state index >= 15 is 0 Å². The van der Waals surface area contributed by atoms with Crippen LogP contribution in [0.2, 0.25) is 5.02 Å². The Balaban J connectivity index is 2.16. The predicted octanol–water partition coefficient (Wildman–Crippen LogP) is 4.90. The molecule has 1 aromatic carbocycles. The van der Waals surface area contributed by atoms with E-state index in [-0.39, 0.29) is 11.6 Å². The predicted molar refractivity (Wildman–Crippen MR) is 119 cm³/mol. The van der Waals surface area contributed by atoms with E-state index in [1.54, 1.807) is 7.11 Å². The molecule has 0 aromatic heterocycles. The van der Waals surface area contributed by atoms with Crippen molar-refractivity contribution in [2.24, 2.45) is 5.41 Å². The molecule has 1 aliphatic heterocycles. The number of rotatable bonds is 3. The highest BCUT2D eigenvalue weighted by Gasteiger charge is 2.52. The number of esters is 1. The first-order valence-electron chi connectivity index (χ1n) is 10.6. The van der Waals surface area contributed by atoms with Crippen molar-refractivity contribution in [3.63, 3.8) is 0 Å². The number of hydrogen-bond donors (Lipinski definition) is 2. The summed E-state index contributed by atoms with van der Waals surface area (Å²) in [6.07, 6.45) is 2.07. The molecule has 1 fully saturated rings. The summed E-state index contributed by atoms with van der Waals surface area (Å²) < 4.78 is 11.8. The lowest BCUT2D eigenvalue weighted by Gasteiger charge is -2.43. The van der Waals surface area contributed by atoms with Gasteiger partial charge >= 0.3 is 5.97 Å². The van der Waals surface area contributed by atoms with Gasteiger partial charge < -0.3 is 14.6 Å². The Hall–Kier alpha value is -1.40. The fourth-order valence-corrected chi connectivity index (χ4v) is 4.87. The van der Waals surface area contributed by atoms with Gasteiger partial charge in [0, 0.05) is 17.7 Å². The molecule has 1 unspecified atom stereocenters. The lowest BCUT2D eigenvalue weighted by Crippen LogP contribution is -2.52. The van der Waals surface area contributed by atoms with Gasteiger partial charge in [-0.1, -0.05) is 11.6 Å². The van der Waals surface area contributed by atoms with Crippen molar-refractivity contribution < 1.29 is 19.4 Å². The summed E-state index contributed by atoms with van der Waals surface area (Å²) in [6.45, 7) is 11.5. The van der Waals surface area contributed by atoms with Crippen LogP contribution in [0.5, 0.6) is 0 Å². The normalized spacial score (nSPS) is 29.6. The van der Waals surface area contributed by atoms with Crippen molar-refractivity contribution in [2.45, 2.75) is 84.6 Å². The lowest BCUT2D eigenvalue weighted by molar-refractivity contribution is -0.150. The topological polar surface area (TPSA) is 67.8 Å². The molecule has 1 spiro atoms. The van der Waals surface area contributed by atoms with Crippen LogP contribution >= 0.6 is 11.6 Å². The molecule has 1 atom stereocenters. The average Bonchev–Trinajstić information content (AvgIpc) is 2.88. The highest BCUT2D eigenvalue weighted by molar-refractivity contribution is 6.30. The summed E-state index contributed by atoms with van der Waals surface area (Å²) in [4.78, 5) is 12.9. The van der Waals surface area contributed by atoms with Gasteiger partial charge in [0.25, 0.3) is 0 Å². The summed E-state index contributed by atoms with van der Waals surface area (Å²) in [5.41, 5.74) is 1.92. The van der Waals surface area contributed by atoms with E-state index in [9.17, 15) is 9.90 Å². The highest BCUT2D eigenvalue weighted by Crippen LogP contribution is 2.49. The molecular formula is C24H34ClNO4. The molecule has 1 aliphatic carbocycles. The largest absolute Gasteiger partial charge is 0.428 e. The highest BCUT2D eigenvalue weighted by atomic mass is 35.5. The third-order valence-electron chi connectivity index (χ3n) is 6.59. The second-order valence-corrected chi connectivity index (χ2v) is 10.5. The molecule has 5 nitrogen and oxygen atoms in total. The number of hydrogen-bond acceptors (Lipinski definition) is 5. The number of nitrogens with one attached hydrogen (secondary N) is 1. The number of halogens is 1. The fourth-order valence-electron chi connectivity index (χ4n) is 4.55. The average molecular weight is 436 g/mol. The number of methoxy groups -OCH3 is 1. The van der Waals surface area contributed by atoms with E-state index in [0.29, 0.717) is 29.2 Å². The molecule has 0 saturated heterocycles. The van der Waals surface area contributed by atoms with Crippen LogP contribution in [0.4, 0.5) is 0 Å². The maximum absolute atomic E-state index is 12.9. The third-order valence-corrected chi connectivity index (χ3v) is 6.81. The number of aliphatic hydroxyl groups is 1. The second kappa shape index (κ2) is 7.94. The van der Waals surface area contributed by atoms with Crippen LogP contribution in [0, 0.1) is 19.3 Å². The lowest BCUT2D eigenvalue weighted by atomic mass is 9.73. The quantitative estimate of drug-likeness (QED) is 0.661. The van der Waals surface area contributed by atoms with Gasteiger partial charge in [-0.2, -0.15) is 0 Å². The van der Waals surface area contributed by atoms with Crippen molar-refractivity contribution >= 4 is 23.1 Å². The van der Waals surface area contributed by atoms with Gasteiger partial charge in [0.15, 0.2) is 0 Å². The Morgan fingerprint density at radius 1 is 1.17 bits per heavy atom. The zero-order chi connectivity index (χ0) is 22.5. The van der Waals surface area contributed by atoms with Gasteiger partial charge in [-0.25, -0.2) is 0 Å². The van der Waals surface area contributed by atoms with Gasteiger partial charge in [0.2, 0.25) is 0 Å². The number of benzene rings is 1. The smallest absolute Gasteiger partial charge is 0.316 e. The van der Waals surface area contributed by atoms with Crippen LogP contribution < -0.4 is 5.32 Å². The molecule has 2 aliphatic rings. The fraction of sp³-hybridized carbons (Fsp3) is 0.625. The number of aryl methyl sites for hydroxylation is 2. The van der Waals surface area contributed by atoms with Gasteiger partial charge in [-0.3, -0.25) is 10.1 Å².